The van der Waals surface area contributed by atoms with Crippen LogP contribution in [-0.2, 0) is 6.54 Å². The number of nitrogens with two attached hydrogens (primary N) is 1. The number of hydrogen-bond donors (Lipinski definition) is 3. The zero-order valence-electron chi connectivity index (χ0n) is 24.7. The molecule has 3 aromatic carbocycles. The maximum Gasteiger partial charge on any atom is 0.212 e. The van der Waals surface area contributed by atoms with E-state index in [2.05, 4.69) is 66.8 Å². The van der Waals surface area contributed by atoms with Crippen molar-refractivity contribution in [2.45, 2.75) is 30.7 Å². The summed E-state index contributed by atoms with van der Waals surface area (Å²) < 4.78 is 13.6. The molecule has 0 atom stereocenters. The molecule has 0 saturated carbocycles. The Labute approximate surface area is 271 Å². The van der Waals surface area contributed by atoms with Gasteiger partial charge in [-0.1, -0.05) is 24.3 Å². The summed E-state index contributed by atoms with van der Waals surface area (Å²) in [6.07, 6.45) is 8.59. The number of nitrogens with one attached hydrogen (secondary N) is 2. The summed E-state index contributed by atoms with van der Waals surface area (Å²) in [6, 6.07) is 26.6. The third-order valence-electron chi connectivity index (χ3n) is 7.85. The highest BCUT2D eigenvalue weighted by atomic mass is 32.2. The lowest BCUT2D eigenvalue weighted by molar-refractivity contribution is 0.182. The average Bonchev–Trinajstić information content (AvgIpc) is 3.62. The van der Waals surface area contributed by atoms with E-state index in [-0.39, 0.29) is 0 Å². The van der Waals surface area contributed by atoms with Gasteiger partial charge >= 0.3 is 0 Å². The van der Waals surface area contributed by atoms with Gasteiger partial charge in [0.05, 0.1) is 5.56 Å². The van der Waals surface area contributed by atoms with E-state index in [9.17, 15) is 5.26 Å². The lowest BCUT2D eigenvalue weighted by Crippen LogP contribution is -2.39. The molecule has 1 aliphatic rings. The van der Waals surface area contributed by atoms with Crippen molar-refractivity contribution in [2.75, 3.05) is 24.4 Å². The molecule has 6 rings (SSSR count). The van der Waals surface area contributed by atoms with Gasteiger partial charge in [0, 0.05) is 54.0 Å². The van der Waals surface area contributed by atoms with E-state index in [0.29, 0.717) is 22.2 Å². The fourth-order valence-corrected chi connectivity index (χ4v) is 6.52. The van der Waals surface area contributed by atoms with Crippen LogP contribution in [0.15, 0.2) is 96.4 Å². The van der Waals surface area contributed by atoms with Gasteiger partial charge in [0.1, 0.15) is 23.9 Å². The predicted molar refractivity (Wildman–Crippen MR) is 181 cm³/mol. The Morgan fingerprint density at radius 1 is 0.978 bits per heavy atom. The number of anilines is 1. The summed E-state index contributed by atoms with van der Waals surface area (Å²) >= 11 is 2.64. The molecule has 1 fully saturated rings. The van der Waals surface area contributed by atoms with Crippen molar-refractivity contribution in [3.8, 4) is 39.8 Å². The molecule has 0 spiro atoms. The Hall–Kier alpha value is -4.31. The highest BCUT2D eigenvalue weighted by Gasteiger charge is 2.17. The van der Waals surface area contributed by atoms with Crippen molar-refractivity contribution in [3.63, 3.8) is 0 Å². The Morgan fingerprint density at radius 2 is 1.80 bits per heavy atom. The Kier molecular flexibility index (Phi) is 10.3. The van der Waals surface area contributed by atoms with Crippen molar-refractivity contribution < 1.29 is 4.74 Å². The standard InChI is InChI=1S/C34H34N8OS2/c35-21-29-19-30(44-41-34-39-23-40-45-34)5-7-32(29)43-33-6-4-28(20-31(33)26-9-14-37-15-10-26)27-3-1-2-25(18-27)22-38-13-8-24-11-16-42(36)17-12-24/h1-7,9-10,14-15,18-20,23-24,38H,8,11-13,16-17,22,36H2,(H,39,40,41). The number of nitrogens with zero attached hydrogens (tertiary/aromatic N) is 5. The second-order valence-electron chi connectivity index (χ2n) is 10.9. The van der Waals surface area contributed by atoms with Crippen LogP contribution < -0.4 is 20.6 Å². The molecule has 4 N–H and O–H groups in total. The maximum absolute atomic E-state index is 9.93. The maximum atomic E-state index is 9.93. The summed E-state index contributed by atoms with van der Waals surface area (Å²) in [6.45, 7) is 3.81. The van der Waals surface area contributed by atoms with Crippen molar-refractivity contribution in [3.05, 3.63) is 103 Å². The molecule has 45 heavy (non-hydrogen) atoms. The number of hydrogen-bond acceptors (Lipinski definition) is 11. The van der Waals surface area contributed by atoms with Crippen LogP contribution in [0.1, 0.15) is 30.4 Å². The van der Waals surface area contributed by atoms with E-state index < -0.39 is 0 Å². The van der Waals surface area contributed by atoms with E-state index in [1.807, 2.05) is 35.3 Å². The van der Waals surface area contributed by atoms with Crippen molar-refractivity contribution in [1.82, 2.24) is 24.7 Å². The van der Waals surface area contributed by atoms with E-state index in [1.54, 1.807) is 18.5 Å². The lowest BCUT2D eigenvalue weighted by atomic mass is 9.94. The molecule has 0 unspecified atom stereocenters. The lowest BCUT2D eigenvalue weighted by Gasteiger charge is -2.28. The molecule has 228 valence electrons. The molecular weight excluding hydrogens is 601 g/mol. The van der Waals surface area contributed by atoms with Gasteiger partial charge in [0.2, 0.25) is 5.13 Å². The Morgan fingerprint density at radius 3 is 2.60 bits per heavy atom. The fourth-order valence-electron chi connectivity index (χ4n) is 5.39. The van der Waals surface area contributed by atoms with E-state index in [1.165, 1.54) is 54.6 Å². The minimum absolute atomic E-state index is 0.439. The molecule has 3 heterocycles. The largest absolute Gasteiger partial charge is 0.455 e. The molecule has 2 aromatic heterocycles. The number of pyridine rings is 1. The first-order valence-corrected chi connectivity index (χ1v) is 16.5. The van der Waals surface area contributed by atoms with Gasteiger partial charge in [-0.2, -0.15) is 9.64 Å². The molecule has 11 heteroatoms. The number of nitriles is 1. The van der Waals surface area contributed by atoms with Gasteiger partial charge in [-0.3, -0.25) is 10.8 Å². The first kappa shape index (κ1) is 30.7. The third-order valence-corrected chi connectivity index (χ3v) is 9.34. The fraction of sp³-hybridized carbons (Fsp3) is 0.235. The summed E-state index contributed by atoms with van der Waals surface area (Å²) in [4.78, 5) is 9.20. The third kappa shape index (κ3) is 8.25. The van der Waals surface area contributed by atoms with Crippen LogP contribution in [0.4, 0.5) is 5.13 Å². The number of rotatable bonds is 12. The van der Waals surface area contributed by atoms with E-state index >= 15 is 0 Å². The average molecular weight is 635 g/mol. The highest BCUT2D eigenvalue weighted by molar-refractivity contribution is 8.00. The molecule has 1 saturated heterocycles. The van der Waals surface area contributed by atoms with Crippen LogP contribution in [0.5, 0.6) is 11.5 Å². The monoisotopic (exact) mass is 634 g/mol. The zero-order valence-corrected chi connectivity index (χ0v) is 26.4. The molecule has 1 aliphatic heterocycles. The molecule has 0 aliphatic carbocycles. The number of benzene rings is 3. The van der Waals surface area contributed by atoms with Gasteiger partial charge in [0.15, 0.2) is 0 Å². The van der Waals surface area contributed by atoms with Gasteiger partial charge in [-0.25, -0.2) is 9.99 Å². The first-order valence-electron chi connectivity index (χ1n) is 14.9. The number of ether oxygens (including phenoxy) is 1. The summed E-state index contributed by atoms with van der Waals surface area (Å²) in [5.74, 6) is 7.80. The topological polar surface area (TPSA) is 125 Å². The Balaban J connectivity index is 1.18. The van der Waals surface area contributed by atoms with Gasteiger partial charge < -0.3 is 14.8 Å². The van der Waals surface area contributed by atoms with Crippen molar-refractivity contribution >= 4 is 28.6 Å². The number of hydrazine groups is 1. The molecule has 9 nitrogen and oxygen atoms in total. The zero-order chi connectivity index (χ0) is 30.8. The van der Waals surface area contributed by atoms with Gasteiger partial charge in [-0.05, 0) is 114 Å². The number of aromatic nitrogens is 3. The smallest absolute Gasteiger partial charge is 0.212 e. The van der Waals surface area contributed by atoms with Crippen LogP contribution in [0.25, 0.3) is 22.3 Å². The quantitative estimate of drug-likeness (QED) is 0.0742. The number of piperidine rings is 1. The second kappa shape index (κ2) is 15.1. The van der Waals surface area contributed by atoms with Crippen LogP contribution in [0, 0.1) is 17.2 Å². The van der Waals surface area contributed by atoms with Crippen LogP contribution in [-0.4, -0.2) is 39.0 Å². The molecule has 5 aromatic rings. The minimum atomic E-state index is 0.439. The summed E-state index contributed by atoms with van der Waals surface area (Å²) in [5, 5.41) is 16.2. The van der Waals surface area contributed by atoms with E-state index in [4.69, 9.17) is 10.6 Å². The van der Waals surface area contributed by atoms with Crippen LogP contribution >= 0.6 is 23.5 Å². The SMILES string of the molecule is N#Cc1cc(SNc2ncns2)ccc1Oc1ccc(-c2cccc(CNCCC3CCN(N)CC3)c2)cc1-c1ccncc1. The molecule has 0 radical (unpaired) electrons. The Bertz CT molecular complexity index is 1740. The molecular formula is C34H34N8OS2. The predicted octanol–water partition coefficient (Wildman–Crippen LogP) is 7.12. The van der Waals surface area contributed by atoms with Crippen molar-refractivity contribution in [1.29, 1.82) is 5.26 Å². The highest BCUT2D eigenvalue weighted by Crippen LogP contribution is 2.38. The first-order chi connectivity index (χ1) is 22.1. The molecule has 0 bridgehead atoms. The molecule has 0 amide bonds. The normalized spacial score (nSPS) is 13.8. The van der Waals surface area contributed by atoms with Crippen LogP contribution in [0.2, 0.25) is 0 Å². The summed E-state index contributed by atoms with van der Waals surface area (Å²) in [5.41, 5.74) is 5.79. The summed E-state index contributed by atoms with van der Waals surface area (Å²) in [7, 11) is 0. The second-order valence-corrected chi connectivity index (χ2v) is 12.6. The van der Waals surface area contributed by atoms with E-state index in [0.717, 1.165) is 59.2 Å². The van der Waals surface area contributed by atoms with Crippen molar-refractivity contribution in [2.24, 2.45) is 11.8 Å². The van der Waals surface area contributed by atoms with Gasteiger partial charge in [0.25, 0.3) is 0 Å². The minimum Gasteiger partial charge on any atom is -0.455 e. The van der Waals surface area contributed by atoms with Crippen LogP contribution in [0.3, 0.4) is 0 Å². The van der Waals surface area contributed by atoms with Gasteiger partial charge in [-0.15, -0.1) is 0 Å².